The molecule has 0 saturated heterocycles. The minimum absolute atomic E-state index is 0.176. The first-order valence-corrected chi connectivity index (χ1v) is 8.39. The van der Waals surface area contributed by atoms with E-state index in [4.69, 9.17) is 4.84 Å². The summed E-state index contributed by atoms with van der Waals surface area (Å²) in [6.45, 7) is 0.590. The summed E-state index contributed by atoms with van der Waals surface area (Å²) in [6, 6.07) is 17.3. The number of oxime groups is 1. The van der Waals surface area contributed by atoms with Crippen LogP contribution in [0.1, 0.15) is 28.2 Å². The molecule has 0 aliphatic heterocycles. The summed E-state index contributed by atoms with van der Waals surface area (Å²) < 4.78 is 0. The summed E-state index contributed by atoms with van der Waals surface area (Å²) in [5, 5.41) is 4.96. The Morgan fingerprint density at radius 2 is 1.57 bits per heavy atom. The molecule has 0 heterocycles. The number of halogens is 1. The SMILES string of the molecule is BrCCON=CC1c2ccccc2CCc2ccccc21. The van der Waals surface area contributed by atoms with E-state index in [0.29, 0.717) is 6.61 Å². The molecule has 0 saturated carbocycles. The molecule has 108 valence electrons. The third-order valence-corrected chi connectivity index (χ3v) is 4.22. The zero-order valence-electron chi connectivity index (χ0n) is 11.8. The highest BCUT2D eigenvalue weighted by Crippen LogP contribution is 2.32. The van der Waals surface area contributed by atoms with Crippen molar-refractivity contribution in [1.82, 2.24) is 0 Å². The predicted octanol–water partition coefficient (Wildman–Crippen LogP) is 4.31. The molecule has 0 unspecified atom stereocenters. The van der Waals surface area contributed by atoms with E-state index >= 15 is 0 Å². The maximum Gasteiger partial charge on any atom is 0.126 e. The number of benzene rings is 2. The number of rotatable bonds is 4. The minimum Gasteiger partial charge on any atom is -0.395 e. The second-order valence-corrected chi connectivity index (χ2v) is 5.94. The Balaban J connectivity index is 2.00. The molecule has 1 aliphatic rings. The van der Waals surface area contributed by atoms with Crippen LogP contribution in [0.25, 0.3) is 0 Å². The van der Waals surface area contributed by atoms with Crippen molar-refractivity contribution >= 4 is 22.1 Å². The third kappa shape index (κ3) is 3.18. The molecule has 3 rings (SSSR count). The minimum atomic E-state index is 0.176. The molecule has 2 nitrogen and oxygen atoms in total. The maximum atomic E-state index is 5.28. The Hall–Kier alpha value is -1.61. The third-order valence-electron chi connectivity index (χ3n) is 3.90. The maximum absolute atomic E-state index is 5.28. The van der Waals surface area contributed by atoms with E-state index < -0.39 is 0 Å². The van der Waals surface area contributed by atoms with Crippen molar-refractivity contribution in [2.75, 3.05) is 11.9 Å². The fraction of sp³-hybridized carbons (Fsp3) is 0.278. The summed E-state index contributed by atoms with van der Waals surface area (Å²) in [5.74, 6) is 0.176. The molecule has 0 amide bonds. The second kappa shape index (κ2) is 6.90. The molecule has 1 aliphatic carbocycles. The van der Waals surface area contributed by atoms with Crippen molar-refractivity contribution in [2.45, 2.75) is 18.8 Å². The number of nitrogens with zero attached hydrogens (tertiary/aromatic N) is 1. The summed E-state index contributed by atoms with van der Waals surface area (Å²) in [7, 11) is 0. The van der Waals surface area contributed by atoms with Gasteiger partial charge in [0.15, 0.2) is 0 Å². The molecule has 3 heteroatoms. The predicted molar refractivity (Wildman–Crippen MR) is 90.4 cm³/mol. The van der Waals surface area contributed by atoms with Gasteiger partial charge in [-0.3, -0.25) is 0 Å². The summed E-state index contributed by atoms with van der Waals surface area (Å²) in [4.78, 5) is 5.28. The van der Waals surface area contributed by atoms with Gasteiger partial charge in [0.2, 0.25) is 0 Å². The first-order chi connectivity index (χ1) is 10.4. The normalized spacial score (nSPS) is 14.5. The molecule has 0 bridgehead atoms. The van der Waals surface area contributed by atoms with E-state index in [1.807, 2.05) is 6.21 Å². The van der Waals surface area contributed by atoms with Crippen molar-refractivity contribution in [3.8, 4) is 0 Å². The molecule has 0 aromatic heterocycles. The molecule has 0 N–H and O–H groups in total. The van der Waals surface area contributed by atoms with Crippen molar-refractivity contribution in [1.29, 1.82) is 0 Å². The van der Waals surface area contributed by atoms with Gasteiger partial charge in [-0.15, -0.1) is 0 Å². The van der Waals surface area contributed by atoms with Crippen LogP contribution in [0, 0.1) is 0 Å². The second-order valence-electron chi connectivity index (χ2n) is 5.15. The summed E-state index contributed by atoms with van der Waals surface area (Å²) in [5.41, 5.74) is 5.50. The first kappa shape index (κ1) is 14.3. The largest absolute Gasteiger partial charge is 0.395 e. The lowest BCUT2D eigenvalue weighted by molar-refractivity contribution is 0.163. The molecule has 0 atom stereocenters. The van der Waals surface area contributed by atoms with Gasteiger partial charge in [0.25, 0.3) is 0 Å². The van der Waals surface area contributed by atoms with Gasteiger partial charge in [-0.25, -0.2) is 0 Å². The van der Waals surface area contributed by atoms with Crippen LogP contribution < -0.4 is 0 Å². The number of fused-ring (bicyclic) bond motifs is 2. The van der Waals surface area contributed by atoms with Crippen LogP contribution in [0.3, 0.4) is 0 Å². The number of hydrogen-bond acceptors (Lipinski definition) is 2. The van der Waals surface area contributed by atoms with E-state index in [9.17, 15) is 0 Å². The van der Waals surface area contributed by atoms with Crippen molar-refractivity contribution in [2.24, 2.45) is 5.16 Å². The molecular weight excluding hydrogens is 326 g/mol. The van der Waals surface area contributed by atoms with E-state index in [-0.39, 0.29) is 5.92 Å². The lowest BCUT2D eigenvalue weighted by atomic mass is 9.89. The van der Waals surface area contributed by atoms with Crippen LogP contribution in [0.15, 0.2) is 53.7 Å². The quantitative estimate of drug-likeness (QED) is 0.350. The average molecular weight is 344 g/mol. The number of aryl methyl sites for hydroxylation is 2. The fourth-order valence-electron chi connectivity index (χ4n) is 2.92. The Kier molecular flexibility index (Phi) is 4.71. The zero-order valence-corrected chi connectivity index (χ0v) is 13.4. The highest BCUT2D eigenvalue weighted by atomic mass is 79.9. The van der Waals surface area contributed by atoms with Crippen LogP contribution in [-0.2, 0) is 17.7 Å². The van der Waals surface area contributed by atoms with E-state index in [1.165, 1.54) is 22.3 Å². The van der Waals surface area contributed by atoms with Crippen LogP contribution in [-0.4, -0.2) is 18.2 Å². The molecule has 0 fully saturated rings. The Labute approximate surface area is 134 Å². The Morgan fingerprint density at radius 3 is 2.14 bits per heavy atom. The van der Waals surface area contributed by atoms with Crippen molar-refractivity contribution in [3.05, 3.63) is 70.8 Å². The standard InChI is InChI=1S/C18H18BrNO/c19-11-12-21-20-13-18-16-7-3-1-5-14(16)9-10-15-6-2-4-8-17(15)18/h1-8,13,18H,9-12H2. The van der Waals surface area contributed by atoms with Crippen LogP contribution in [0.4, 0.5) is 0 Å². The van der Waals surface area contributed by atoms with Gasteiger partial charge < -0.3 is 4.84 Å². The lowest BCUT2D eigenvalue weighted by Crippen LogP contribution is -2.06. The van der Waals surface area contributed by atoms with Gasteiger partial charge in [0.1, 0.15) is 6.61 Å². The van der Waals surface area contributed by atoms with E-state index in [2.05, 4.69) is 69.6 Å². The molecule has 2 aromatic rings. The average Bonchev–Trinajstić information content (AvgIpc) is 2.69. The first-order valence-electron chi connectivity index (χ1n) is 7.27. The van der Waals surface area contributed by atoms with Crippen LogP contribution in [0.2, 0.25) is 0 Å². The molecule has 21 heavy (non-hydrogen) atoms. The zero-order chi connectivity index (χ0) is 14.5. The van der Waals surface area contributed by atoms with E-state index in [0.717, 1.165) is 18.2 Å². The Bertz CT molecular complexity index is 591. The van der Waals surface area contributed by atoms with Gasteiger partial charge in [-0.1, -0.05) is 69.6 Å². The molecule has 0 radical (unpaired) electrons. The van der Waals surface area contributed by atoms with Gasteiger partial charge in [-0.2, -0.15) is 0 Å². The summed E-state index contributed by atoms with van der Waals surface area (Å²) >= 11 is 3.34. The highest BCUT2D eigenvalue weighted by molar-refractivity contribution is 9.09. The van der Waals surface area contributed by atoms with Crippen molar-refractivity contribution in [3.63, 3.8) is 0 Å². The number of hydrogen-bond donors (Lipinski definition) is 0. The lowest BCUT2D eigenvalue weighted by Gasteiger charge is -2.15. The molecular formula is C18H18BrNO. The molecule has 0 spiro atoms. The van der Waals surface area contributed by atoms with Gasteiger partial charge in [-0.05, 0) is 35.1 Å². The monoisotopic (exact) mass is 343 g/mol. The van der Waals surface area contributed by atoms with Crippen LogP contribution in [0.5, 0.6) is 0 Å². The van der Waals surface area contributed by atoms with Gasteiger partial charge in [0.05, 0.1) is 6.21 Å². The number of alkyl halides is 1. The fourth-order valence-corrected chi connectivity index (χ4v) is 3.06. The van der Waals surface area contributed by atoms with Gasteiger partial charge >= 0.3 is 0 Å². The van der Waals surface area contributed by atoms with Crippen LogP contribution >= 0.6 is 15.9 Å². The smallest absolute Gasteiger partial charge is 0.126 e. The Morgan fingerprint density at radius 1 is 1.00 bits per heavy atom. The van der Waals surface area contributed by atoms with E-state index in [1.54, 1.807) is 0 Å². The summed E-state index contributed by atoms with van der Waals surface area (Å²) in [6.07, 6.45) is 4.10. The van der Waals surface area contributed by atoms with Gasteiger partial charge in [0, 0.05) is 11.2 Å². The molecule has 2 aromatic carbocycles. The van der Waals surface area contributed by atoms with Crippen molar-refractivity contribution < 1.29 is 4.84 Å². The topological polar surface area (TPSA) is 21.6 Å². The highest BCUT2D eigenvalue weighted by Gasteiger charge is 2.21.